The number of hydrogen-bond donors (Lipinski definition) is 2. The molecule has 2 aromatic rings. The second-order valence-corrected chi connectivity index (χ2v) is 6.17. The van der Waals surface area contributed by atoms with Gasteiger partial charge in [-0.3, -0.25) is 4.79 Å². The van der Waals surface area contributed by atoms with E-state index in [1.54, 1.807) is 12.1 Å². The smallest absolute Gasteiger partial charge is 0.342 e. The molecule has 0 heterocycles. The van der Waals surface area contributed by atoms with Crippen LogP contribution in [0.5, 0.6) is 5.75 Å². The highest BCUT2D eigenvalue weighted by Gasteiger charge is 2.15. The average molecular weight is 419 g/mol. The van der Waals surface area contributed by atoms with Crippen molar-refractivity contribution in [1.82, 2.24) is 0 Å². The molecule has 2 aromatic carbocycles. The number of benzene rings is 2. The average Bonchev–Trinajstić information content (AvgIpc) is 2.50. The Morgan fingerprint density at radius 3 is 2.61 bits per heavy atom. The molecule has 2 N–H and O–H groups in total. The molecule has 0 unspecified atom stereocenters. The lowest BCUT2D eigenvalue weighted by molar-refractivity contribution is -0.119. The molecule has 0 aromatic heterocycles. The van der Waals surface area contributed by atoms with Gasteiger partial charge in [0.2, 0.25) is 0 Å². The van der Waals surface area contributed by atoms with E-state index in [4.69, 9.17) is 27.9 Å². The van der Waals surface area contributed by atoms with Crippen LogP contribution in [-0.4, -0.2) is 23.6 Å². The van der Waals surface area contributed by atoms with Crippen molar-refractivity contribution >= 4 is 56.7 Å². The zero-order valence-corrected chi connectivity index (χ0v) is 14.6. The number of carbonyl (C=O) groups excluding carboxylic acids is 2. The van der Waals surface area contributed by atoms with Crippen LogP contribution in [0.25, 0.3) is 0 Å². The van der Waals surface area contributed by atoms with Crippen molar-refractivity contribution in [2.24, 2.45) is 0 Å². The number of ether oxygens (including phenoxy) is 1. The highest BCUT2D eigenvalue weighted by atomic mass is 79.9. The van der Waals surface area contributed by atoms with Crippen LogP contribution in [0.2, 0.25) is 10.0 Å². The van der Waals surface area contributed by atoms with Gasteiger partial charge in [-0.05, 0) is 36.4 Å². The number of carbonyl (C=O) groups is 2. The van der Waals surface area contributed by atoms with E-state index in [2.05, 4.69) is 21.2 Å². The summed E-state index contributed by atoms with van der Waals surface area (Å²) in [7, 11) is 0. The van der Waals surface area contributed by atoms with Gasteiger partial charge in [0, 0.05) is 9.50 Å². The number of amides is 1. The fourth-order valence-electron chi connectivity index (χ4n) is 1.66. The monoisotopic (exact) mass is 417 g/mol. The summed E-state index contributed by atoms with van der Waals surface area (Å²) in [4.78, 5) is 23.6. The Kier molecular flexibility index (Phi) is 5.87. The van der Waals surface area contributed by atoms with E-state index in [-0.39, 0.29) is 16.3 Å². The molecule has 0 spiro atoms. The van der Waals surface area contributed by atoms with Gasteiger partial charge < -0.3 is 15.2 Å². The van der Waals surface area contributed by atoms with Gasteiger partial charge in [-0.2, -0.15) is 0 Å². The normalized spacial score (nSPS) is 10.2. The summed E-state index contributed by atoms with van der Waals surface area (Å²) in [5, 5.41) is 12.8. The van der Waals surface area contributed by atoms with Crippen LogP contribution in [-0.2, 0) is 9.53 Å². The van der Waals surface area contributed by atoms with Crippen molar-refractivity contribution < 1.29 is 19.4 Å². The van der Waals surface area contributed by atoms with Gasteiger partial charge in [-0.15, -0.1) is 0 Å². The summed E-state index contributed by atoms with van der Waals surface area (Å²) in [5.74, 6) is -1.63. The minimum atomic E-state index is -0.818. The number of halogens is 3. The maximum absolute atomic E-state index is 11.9. The van der Waals surface area contributed by atoms with E-state index in [9.17, 15) is 14.7 Å². The Morgan fingerprint density at radius 2 is 1.91 bits per heavy atom. The Labute approximate surface area is 150 Å². The highest BCUT2D eigenvalue weighted by Crippen LogP contribution is 2.25. The number of phenols is 1. The van der Waals surface area contributed by atoms with E-state index in [1.165, 1.54) is 24.3 Å². The van der Waals surface area contributed by atoms with Crippen LogP contribution in [0.3, 0.4) is 0 Å². The van der Waals surface area contributed by atoms with Gasteiger partial charge in [0.25, 0.3) is 5.91 Å². The van der Waals surface area contributed by atoms with Crippen molar-refractivity contribution in [1.29, 1.82) is 0 Å². The number of esters is 1. The number of nitrogens with one attached hydrogen (secondary N) is 1. The van der Waals surface area contributed by atoms with Crippen LogP contribution in [0.1, 0.15) is 10.4 Å². The third-order valence-corrected chi connectivity index (χ3v) is 3.76. The van der Waals surface area contributed by atoms with Crippen molar-refractivity contribution in [2.75, 3.05) is 11.9 Å². The van der Waals surface area contributed by atoms with Gasteiger partial charge >= 0.3 is 5.97 Å². The fraction of sp³-hybridized carbons (Fsp3) is 0.0667. The van der Waals surface area contributed by atoms with Crippen LogP contribution >= 0.6 is 39.1 Å². The number of anilines is 1. The molecule has 8 heteroatoms. The first-order chi connectivity index (χ1) is 10.9. The minimum Gasteiger partial charge on any atom is -0.507 e. The number of aromatic hydroxyl groups is 1. The minimum absolute atomic E-state index is 0.0447. The molecule has 5 nitrogen and oxygen atoms in total. The largest absolute Gasteiger partial charge is 0.507 e. The summed E-state index contributed by atoms with van der Waals surface area (Å²) < 4.78 is 5.46. The third-order valence-electron chi connectivity index (χ3n) is 2.72. The van der Waals surface area contributed by atoms with Crippen molar-refractivity contribution in [3.8, 4) is 5.75 Å². The lowest BCUT2D eigenvalue weighted by Gasteiger charge is -2.09. The predicted molar refractivity (Wildman–Crippen MR) is 91.2 cm³/mol. The number of hydrogen-bond acceptors (Lipinski definition) is 4. The molecular formula is C15H10BrCl2NO4. The zero-order chi connectivity index (χ0) is 17.0. The Balaban J connectivity index is 1.96. The molecule has 0 bridgehead atoms. The molecule has 0 aliphatic heterocycles. The van der Waals surface area contributed by atoms with E-state index in [0.29, 0.717) is 15.2 Å². The van der Waals surface area contributed by atoms with Gasteiger partial charge in [0.05, 0.1) is 10.7 Å². The van der Waals surface area contributed by atoms with E-state index in [0.717, 1.165) is 0 Å². The van der Waals surface area contributed by atoms with Crippen molar-refractivity contribution in [2.45, 2.75) is 0 Å². The van der Waals surface area contributed by atoms with Crippen LogP contribution < -0.4 is 5.32 Å². The van der Waals surface area contributed by atoms with Gasteiger partial charge in [0.1, 0.15) is 11.3 Å². The Hall–Kier alpha value is -1.76. The first kappa shape index (κ1) is 17.6. The molecule has 0 saturated carbocycles. The van der Waals surface area contributed by atoms with Gasteiger partial charge in [-0.25, -0.2) is 4.79 Å². The maximum atomic E-state index is 11.9. The summed E-state index contributed by atoms with van der Waals surface area (Å²) in [6, 6.07) is 8.88. The molecule has 0 saturated heterocycles. The molecule has 0 radical (unpaired) electrons. The molecule has 23 heavy (non-hydrogen) atoms. The molecule has 0 fully saturated rings. The number of phenolic OH excluding ortho intramolecular Hbond substituents is 1. The molecule has 0 aliphatic carbocycles. The van der Waals surface area contributed by atoms with Gasteiger partial charge in [-0.1, -0.05) is 39.1 Å². The molecule has 120 valence electrons. The quantitative estimate of drug-likeness (QED) is 0.727. The fourth-order valence-corrected chi connectivity index (χ4v) is 2.47. The Bertz CT molecular complexity index is 767. The van der Waals surface area contributed by atoms with Crippen LogP contribution in [0.4, 0.5) is 5.69 Å². The summed E-state index contributed by atoms with van der Waals surface area (Å²) in [6.45, 7) is -0.524. The summed E-state index contributed by atoms with van der Waals surface area (Å²) in [6.07, 6.45) is 0. The molecule has 2 rings (SSSR count). The second kappa shape index (κ2) is 7.68. The lowest BCUT2D eigenvalue weighted by atomic mass is 10.2. The first-order valence-electron chi connectivity index (χ1n) is 6.27. The molecular weight excluding hydrogens is 409 g/mol. The predicted octanol–water partition coefficient (Wildman–Crippen LogP) is 4.26. The standard InChI is InChI=1S/C15H10BrCl2NO4/c16-8-1-4-13(20)10(5-8)15(22)23-7-14(21)19-12-3-2-9(17)6-11(12)18/h1-6,20H,7H2,(H,19,21). The van der Waals surface area contributed by atoms with Crippen molar-refractivity contribution in [3.63, 3.8) is 0 Å². The highest BCUT2D eigenvalue weighted by molar-refractivity contribution is 9.10. The SMILES string of the molecule is O=C(COC(=O)c1cc(Br)ccc1O)Nc1ccc(Cl)cc1Cl. The van der Waals surface area contributed by atoms with E-state index < -0.39 is 18.5 Å². The molecule has 0 atom stereocenters. The van der Waals surface area contributed by atoms with E-state index >= 15 is 0 Å². The van der Waals surface area contributed by atoms with Crippen molar-refractivity contribution in [3.05, 3.63) is 56.5 Å². The van der Waals surface area contributed by atoms with E-state index in [1.807, 2.05) is 0 Å². The third kappa shape index (κ3) is 4.86. The maximum Gasteiger partial charge on any atom is 0.342 e. The topological polar surface area (TPSA) is 75.6 Å². The number of rotatable bonds is 4. The Morgan fingerprint density at radius 1 is 1.17 bits per heavy atom. The second-order valence-electron chi connectivity index (χ2n) is 4.41. The molecule has 0 aliphatic rings. The summed E-state index contributed by atoms with van der Waals surface area (Å²) in [5.41, 5.74) is 0.305. The van der Waals surface area contributed by atoms with Crippen LogP contribution in [0.15, 0.2) is 40.9 Å². The first-order valence-corrected chi connectivity index (χ1v) is 7.82. The summed E-state index contributed by atoms with van der Waals surface area (Å²) >= 11 is 14.9. The lowest BCUT2D eigenvalue weighted by Crippen LogP contribution is -2.21. The van der Waals surface area contributed by atoms with Gasteiger partial charge in [0.15, 0.2) is 6.61 Å². The van der Waals surface area contributed by atoms with Crippen LogP contribution in [0, 0.1) is 0 Å². The zero-order valence-electron chi connectivity index (χ0n) is 11.5. The molecule has 1 amide bonds.